The molecule has 168 valence electrons. The molecule has 8 heteroatoms. The normalized spacial score (nSPS) is 21.4. The van der Waals surface area contributed by atoms with E-state index in [1.54, 1.807) is 49.6 Å². The fourth-order valence-electron chi connectivity index (χ4n) is 4.25. The Balaban J connectivity index is 1.86. The molecule has 4 rings (SSSR count). The maximum atomic E-state index is 13.8. The first-order valence-corrected chi connectivity index (χ1v) is 10.7. The summed E-state index contributed by atoms with van der Waals surface area (Å²) in [7, 11) is 3.06. The molecule has 0 saturated carbocycles. The quantitative estimate of drug-likeness (QED) is 0.638. The predicted molar refractivity (Wildman–Crippen MR) is 122 cm³/mol. The number of benzene rings is 2. The molecule has 0 aromatic heterocycles. The first-order valence-electron chi connectivity index (χ1n) is 10.4. The molecule has 2 unspecified atom stereocenters. The van der Waals surface area contributed by atoms with E-state index < -0.39 is 11.8 Å². The van der Waals surface area contributed by atoms with Crippen molar-refractivity contribution < 1.29 is 23.8 Å². The Bertz CT molecular complexity index is 1070. The van der Waals surface area contributed by atoms with Gasteiger partial charge >= 0.3 is 0 Å². The minimum Gasteiger partial charge on any atom is -0.497 e. The molecule has 0 N–H and O–H groups in total. The number of carbonyl (C=O) groups is 2. The van der Waals surface area contributed by atoms with Crippen LogP contribution in [-0.4, -0.2) is 56.2 Å². The molecular formula is C24H25ClN2O5. The largest absolute Gasteiger partial charge is 0.497 e. The molecule has 0 radical (unpaired) electrons. The summed E-state index contributed by atoms with van der Waals surface area (Å²) in [5, 5.41) is 0.398. The number of rotatable bonds is 5. The van der Waals surface area contributed by atoms with Crippen molar-refractivity contribution in [1.29, 1.82) is 0 Å². The minimum atomic E-state index is -0.428. The predicted octanol–water partition coefficient (Wildman–Crippen LogP) is 3.75. The highest BCUT2D eigenvalue weighted by molar-refractivity contribution is 6.46. The zero-order valence-electron chi connectivity index (χ0n) is 18.4. The SMILES string of the molecule is COc1ccc(C2=C(N3CC(C)OC(C)C3)C(=O)N(c3cc(Cl)ccc3OC)C2=O)cc1. The van der Waals surface area contributed by atoms with Crippen molar-refractivity contribution in [1.82, 2.24) is 4.90 Å². The number of halogens is 1. The number of ether oxygens (including phenoxy) is 3. The van der Waals surface area contributed by atoms with E-state index in [1.807, 2.05) is 18.7 Å². The molecule has 2 amide bonds. The van der Waals surface area contributed by atoms with E-state index in [0.29, 0.717) is 52.1 Å². The average Bonchev–Trinajstić information content (AvgIpc) is 3.03. The maximum Gasteiger partial charge on any atom is 0.282 e. The van der Waals surface area contributed by atoms with Gasteiger partial charge in [0.05, 0.1) is 37.7 Å². The lowest BCUT2D eigenvalue weighted by Gasteiger charge is -2.37. The monoisotopic (exact) mass is 456 g/mol. The number of imide groups is 1. The van der Waals surface area contributed by atoms with Crippen LogP contribution in [0.1, 0.15) is 19.4 Å². The highest BCUT2D eigenvalue weighted by atomic mass is 35.5. The Hall–Kier alpha value is -3.03. The standard InChI is InChI=1S/C24H25ClN2O5/c1-14-12-26(13-15(2)32-14)22-21(16-5-8-18(30-3)9-6-16)23(28)27(24(22)29)19-11-17(25)7-10-20(19)31-4/h5-11,14-15H,12-13H2,1-4H3. The number of nitrogens with zero attached hydrogens (tertiary/aromatic N) is 2. The van der Waals surface area contributed by atoms with Gasteiger partial charge in [-0.3, -0.25) is 9.59 Å². The third kappa shape index (κ3) is 3.94. The maximum absolute atomic E-state index is 13.8. The van der Waals surface area contributed by atoms with Crippen LogP contribution >= 0.6 is 11.6 Å². The fourth-order valence-corrected chi connectivity index (χ4v) is 4.41. The highest BCUT2D eigenvalue weighted by Crippen LogP contribution is 2.40. The van der Waals surface area contributed by atoms with Gasteiger partial charge in [-0.2, -0.15) is 0 Å². The fraction of sp³-hybridized carbons (Fsp3) is 0.333. The Morgan fingerprint density at radius 1 is 0.938 bits per heavy atom. The number of carbonyl (C=O) groups excluding carboxylic acids is 2. The van der Waals surface area contributed by atoms with Crippen molar-refractivity contribution in [3.8, 4) is 11.5 Å². The van der Waals surface area contributed by atoms with Gasteiger partial charge in [0.1, 0.15) is 17.2 Å². The molecule has 7 nitrogen and oxygen atoms in total. The first kappa shape index (κ1) is 22.2. The first-order chi connectivity index (χ1) is 15.3. The molecule has 1 saturated heterocycles. The summed E-state index contributed by atoms with van der Waals surface area (Å²) < 4.78 is 16.5. The summed E-state index contributed by atoms with van der Waals surface area (Å²) in [4.78, 5) is 30.6. The number of hydrogen-bond acceptors (Lipinski definition) is 6. The van der Waals surface area contributed by atoms with Crippen LogP contribution in [0.5, 0.6) is 11.5 Å². The molecule has 2 aliphatic heterocycles. The number of hydrogen-bond donors (Lipinski definition) is 0. The smallest absolute Gasteiger partial charge is 0.282 e. The van der Waals surface area contributed by atoms with Gasteiger partial charge in [0.15, 0.2) is 0 Å². The third-order valence-electron chi connectivity index (χ3n) is 5.56. The molecule has 0 spiro atoms. The van der Waals surface area contributed by atoms with E-state index in [1.165, 1.54) is 7.11 Å². The second-order valence-electron chi connectivity index (χ2n) is 7.88. The van der Waals surface area contributed by atoms with Gasteiger partial charge < -0.3 is 19.1 Å². The molecule has 2 aromatic rings. The van der Waals surface area contributed by atoms with Gasteiger partial charge in [-0.05, 0) is 49.7 Å². The van der Waals surface area contributed by atoms with Crippen molar-refractivity contribution >= 4 is 34.7 Å². The third-order valence-corrected chi connectivity index (χ3v) is 5.79. The Morgan fingerprint density at radius 3 is 2.19 bits per heavy atom. The van der Waals surface area contributed by atoms with Crippen LogP contribution in [0.15, 0.2) is 48.2 Å². The van der Waals surface area contributed by atoms with Gasteiger partial charge in [0.2, 0.25) is 0 Å². The molecule has 0 aliphatic carbocycles. The van der Waals surface area contributed by atoms with Crippen LogP contribution in [0.3, 0.4) is 0 Å². The Kier molecular flexibility index (Phi) is 6.13. The average molecular weight is 457 g/mol. The number of anilines is 1. The zero-order chi connectivity index (χ0) is 23.0. The lowest BCUT2D eigenvalue weighted by Crippen LogP contribution is -2.47. The van der Waals surface area contributed by atoms with Crippen molar-refractivity contribution in [3.63, 3.8) is 0 Å². The lowest BCUT2D eigenvalue weighted by molar-refractivity contribution is -0.121. The van der Waals surface area contributed by atoms with Crippen LogP contribution in [-0.2, 0) is 14.3 Å². The van der Waals surface area contributed by atoms with Gasteiger partial charge in [0.25, 0.3) is 11.8 Å². The molecule has 2 aliphatic rings. The molecule has 0 bridgehead atoms. The molecule has 2 aromatic carbocycles. The van der Waals surface area contributed by atoms with Crippen LogP contribution in [0.4, 0.5) is 5.69 Å². The lowest BCUT2D eigenvalue weighted by atomic mass is 10.0. The van der Waals surface area contributed by atoms with Gasteiger partial charge in [-0.1, -0.05) is 23.7 Å². The summed E-state index contributed by atoms with van der Waals surface area (Å²) in [5.74, 6) is 0.204. The molecule has 1 fully saturated rings. The van der Waals surface area contributed by atoms with Crippen molar-refractivity contribution in [2.24, 2.45) is 0 Å². The van der Waals surface area contributed by atoms with E-state index in [4.69, 9.17) is 25.8 Å². The van der Waals surface area contributed by atoms with Crippen LogP contribution < -0.4 is 14.4 Å². The van der Waals surface area contributed by atoms with Crippen LogP contribution in [0.2, 0.25) is 5.02 Å². The molecule has 2 atom stereocenters. The molecule has 2 heterocycles. The van der Waals surface area contributed by atoms with Gasteiger partial charge in [-0.25, -0.2) is 4.90 Å². The van der Waals surface area contributed by atoms with Crippen molar-refractivity contribution in [3.05, 3.63) is 58.7 Å². The van der Waals surface area contributed by atoms with Gasteiger partial charge in [0, 0.05) is 18.1 Å². The van der Waals surface area contributed by atoms with E-state index in [9.17, 15) is 9.59 Å². The molecule has 32 heavy (non-hydrogen) atoms. The van der Waals surface area contributed by atoms with Crippen LogP contribution in [0.25, 0.3) is 5.57 Å². The summed E-state index contributed by atoms with van der Waals surface area (Å²) in [5.41, 5.74) is 1.63. The van der Waals surface area contributed by atoms with E-state index >= 15 is 0 Å². The number of amides is 2. The van der Waals surface area contributed by atoms with Gasteiger partial charge in [-0.15, -0.1) is 0 Å². The molecular weight excluding hydrogens is 432 g/mol. The minimum absolute atomic E-state index is 0.0824. The zero-order valence-corrected chi connectivity index (χ0v) is 19.2. The number of methoxy groups -OCH3 is 2. The second kappa shape index (κ2) is 8.84. The second-order valence-corrected chi connectivity index (χ2v) is 8.31. The summed E-state index contributed by atoms with van der Waals surface area (Å²) in [6.07, 6.45) is -0.165. The summed E-state index contributed by atoms with van der Waals surface area (Å²) in [6.45, 7) is 4.91. The van der Waals surface area contributed by atoms with E-state index in [2.05, 4.69) is 0 Å². The van der Waals surface area contributed by atoms with Crippen LogP contribution in [0, 0.1) is 0 Å². The van der Waals surface area contributed by atoms with E-state index in [0.717, 1.165) is 4.90 Å². The van der Waals surface area contributed by atoms with Crippen molar-refractivity contribution in [2.75, 3.05) is 32.2 Å². The number of morpholine rings is 1. The highest BCUT2D eigenvalue weighted by Gasteiger charge is 2.44. The van der Waals surface area contributed by atoms with Crippen molar-refractivity contribution in [2.45, 2.75) is 26.1 Å². The summed E-state index contributed by atoms with van der Waals surface area (Å²) in [6, 6.07) is 12.0. The Labute approximate surface area is 192 Å². The topological polar surface area (TPSA) is 68.3 Å². The van der Waals surface area contributed by atoms with E-state index in [-0.39, 0.29) is 12.2 Å². The Morgan fingerprint density at radius 2 is 1.59 bits per heavy atom. The summed E-state index contributed by atoms with van der Waals surface area (Å²) >= 11 is 6.20.